The standard InChI is InChI=1S/C24H41N5O2/c1-24(2,3)23-26-21(10-16-30)17-22(27-23)29-12-4-11-28(14-15-29)13-9-19-5-7-20(8-6-19)25-18-31/h17-20,30H,4-16H2,1-3H3,(H,25,31). The molecule has 0 spiro atoms. The molecule has 0 radical (unpaired) electrons. The molecule has 1 saturated carbocycles. The van der Waals surface area contributed by atoms with Crippen LogP contribution in [0.2, 0.25) is 0 Å². The molecule has 1 aliphatic heterocycles. The number of aliphatic hydroxyl groups excluding tert-OH is 1. The minimum absolute atomic E-state index is 0.112. The zero-order valence-electron chi connectivity index (χ0n) is 19.6. The van der Waals surface area contributed by atoms with Crippen LogP contribution in [0.4, 0.5) is 5.82 Å². The molecule has 0 bridgehead atoms. The SMILES string of the molecule is CC(C)(C)c1nc(CCO)cc(N2CCCN(CCC3CCC(NC=O)CC3)CC2)n1. The number of amides is 1. The van der Waals surface area contributed by atoms with Crippen molar-refractivity contribution in [1.29, 1.82) is 0 Å². The Balaban J connectivity index is 1.54. The van der Waals surface area contributed by atoms with Gasteiger partial charge in [0.15, 0.2) is 0 Å². The zero-order chi connectivity index (χ0) is 22.3. The van der Waals surface area contributed by atoms with Gasteiger partial charge in [0.25, 0.3) is 0 Å². The Morgan fingerprint density at radius 3 is 2.58 bits per heavy atom. The van der Waals surface area contributed by atoms with Gasteiger partial charge in [-0.05, 0) is 57.5 Å². The Morgan fingerprint density at radius 2 is 1.90 bits per heavy atom. The number of hydrogen-bond acceptors (Lipinski definition) is 6. The molecule has 1 aromatic rings. The number of anilines is 1. The van der Waals surface area contributed by atoms with E-state index in [1.807, 2.05) is 0 Å². The lowest BCUT2D eigenvalue weighted by atomic mass is 9.84. The van der Waals surface area contributed by atoms with Gasteiger partial charge >= 0.3 is 0 Å². The summed E-state index contributed by atoms with van der Waals surface area (Å²) in [5.41, 5.74) is 0.816. The molecule has 31 heavy (non-hydrogen) atoms. The van der Waals surface area contributed by atoms with Crippen molar-refractivity contribution in [2.24, 2.45) is 5.92 Å². The van der Waals surface area contributed by atoms with Gasteiger partial charge in [-0.1, -0.05) is 20.8 Å². The molecule has 2 heterocycles. The Labute approximate surface area is 187 Å². The van der Waals surface area contributed by atoms with Gasteiger partial charge in [-0.3, -0.25) is 4.79 Å². The molecule has 7 nitrogen and oxygen atoms in total. The van der Waals surface area contributed by atoms with Gasteiger partial charge in [0.05, 0.1) is 0 Å². The maximum atomic E-state index is 10.6. The number of rotatable bonds is 8. The van der Waals surface area contributed by atoms with E-state index in [1.165, 1.54) is 19.3 Å². The number of carbonyl (C=O) groups excluding carboxylic acids is 1. The predicted molar refractivity (Wildman–Crippen MR) is 124 cm³/mol. The molecule has 7 heteroatoms. The van der Waals surface area contributed by atoms with Crippen molar-refractivity contribution >= 4 is 12.2 Å². The van der Waals surface area contributed by atoms with Crippen LogP contribution >= 0.6 is 0 Å². The van der Waals surface area contributed by atoms with Gasteiger partial charge in [-0.2, -0.15) is 0 Å². The number of hydrogen-bond donors (Lipinski definition) is 2. The quantitative estimate of drug-likeness (QED) is 0.616. The van der Waals surface area contributed by atoms with Crippen LogP contribution in [0.25, 0.3) is 0 Å². The van der Waals surface area contributed by atoms with Crippen LogP contribution in [0.15, 0.2) is 6.07 Å². The molecule has 2 fully saturated rings. The molecule has 2 aliphatic rings. The number of nitrogens with one attached hydrogen (secondary N) is 1. The maximum absolute atomic E-state index is 10.6. The van der Waals surface area contributed by atoms with E-state index >= 15 is 0 Å². The number of aliphatic hydroxyl groups is 1. The van der Waals surface area contributed by atoms with Crippen molar-refractivity contribution in [3.05, 3.63) is 17.6 Å². The Bertz CT molecular complexity index is 698. The summed E-state index contributed by atoms with van der Waals surface area (Å²) in [5, 5.41) is 12.3. The summed E-state index contributed by atoms with van der Waals surface area (Å²) >= 11 is 0. The summed E-state index contributed by atoms with van der Waals surface area (Å²) in [7, 11) is 0. The van der Waals surface area contributed by atoms with Crippen molar-refractivity contribution in [3.8, 4) is 0 Å². The molecule has 1 amide bonds. The van der Waals surface area contributed by atoms with Gasteiger partial charge in [-0.15, -0.1) is 0 Å². The van der Waals surface area contributed by atoms with Crippen LogP contribution in [0.1, 0.15) is 70.8 Å². The van der Waals surface area contributed by atoms with E-state index < -0.39 is 0 Å². The van der Waals surface area contributed by atoms with Gasteiger partial charge < -0.3 is 20.2 Å². The van der Waals surface area contributed by atoms with Crippen LogP contribution in [-0.2, 0) is 16.6 Å². The second-order valence-electron chi connectivity index (χ2n) is 10.2. The number of carbonyl (C=O) groups is 1. The average molecular weight is 432 g/mol. The van der Waals surface area contributed by atoms with Crippen molar-refractivity contribution < 1.29 is 9.90 Å². The summed E-state index contributed by atoms with van der Waals surface area (Å²) in [6, 6.07) is 2.45. The first kappa shape index (κ1) is 23.9. The normalized spacial score (nSPS) is 23.4. The fourth-order valence-electron chi connectivity index (χ4n) is 4.73. The highest BCUT2D eigenvalue weighted by Crippen LogP contribution is 2.27. The van der Waals surface area contributed by atoms with Gasteiger partial charge in [0.2, 0.25) is 6.41 Å². The highest BCUT2D eigenvalue weighted by atomic mass is 16.3. The smallest absolute Gasteiger partial charge is 0.207 e. The lowest BCUT2D eigenvalue weighted by Crippen LogP contribution is -2.35. The minimum Gasteiger partial charge on any atom is -0.396 e. The molecule has 1 aromatic heterocycles. The molecular weight excluding hydrogens is 390 g/mol. The van der Waals surface area contributed by atoms with Crippen LogP contribution in [-0.4, -0.2) is 71.8 Å². The largest absolute Gasteiger partial charge is 0.396 e. The van der Waals surface area contributed by atoms with E-state index in [-0.39, 0.29) is 12.0 Å². The first-order chi connectivity index (χ1) is 14.9. The van der Waals surface area contributed by atoms with Gasteiger partial charge in [0, 0.05) is 55.9 Å². The van der Waals surface area contributed by atoms with Crippen molar-refractivity contribution in [1.82, 2.24) is 20.2 Å². The molecule has 3 rings (SSSR count). The average Bonchev–Trinajstić information content (AvgIpc) is 2.99. The summed E-state index contributed by atoms with van der Waals surface area (Å²) in [4.78, 5) is 25.2. The van der Waals surface area contributed by atoms with Crippen LogP contribution < -0.4 is 10.2 Å². The van der Waals surface area contributed by atoms with Crippen molar-refractivity contribution in [3.63, 3.8) is 0 Å². The Kier molecular flexibility index (Phi) is 8.67. The van der Waals surface area contributed by atoms with Gasteiger partial charge in [0.1, 0.15) is 11.6 Å². The molecule has 0 aromatic carbocycles. The Hall–Kier alpha value is -1.73. The first-order valence-electron chi connectivity index (χ1n) is 12.1. The third kappa shape index (κ3) is 7.14. The third-order valence-electron chi connectivity index (χ3n) is 6.72. The van der Waals surface area contributed by atoms with Crippen LogP contribution in [0, 0.1) is 5.92 Å². The van der Waals surface area contributed by atoms with E-state index in [0.717, 1.165) is 81.7 Å². The van der Waals surface area contributed by atoms with Crippen LogP contribution in [0.3, 0.4) is 0 Å². The lowest BCUT2D eigenvalue weighted by Gasteiger charge is -2.30. The first-order valence-corrected chi connectivity index (χ1v) is 12.1. The fourth-order valence-corrected chi connectivity index (χ4v) is 4.73. The molecule has 0 unspecified atom stereocenters. The molecule has 174 valence electrons. The zero-order valence-corrected chi connectivity index (χ0v) is 19.6. The summed E-state index contributed by atoms with van der Waals surface area (Å²) in [6.07, 6.45) is 8.53. The molecule has 0 atom stereocenters. The highest BCUT2D eigenvalue weighted by Gasteiger charge is 2.24. The minimum atomic E-state index is -0.113. The molecule has 2 N–H and O–H groups in total. The fraction of sp³-hybridized carbons (Fsp3) is 0.792. The topological polar surface area (TPSA) is 81.6 Å². The second kappa shape index (κ2) is 11.2. The summed E-state index contributed by atoms with van der Waals surface area (Å²) < 4.78 is 0. The monoisotopic (exact) mass is 431 g/mol. The van der Waals surface area contributed by atoms with E-state index in [2.05, 4.69) is 42.0 Å². The van der Waals surface area contributed by atoms with Crippen molar-refractivity contribution in [2.75, 3.05) is 44.2 Å². The molecular formula is C24H41N5O2. The lowest BCUT2D eigenvalue weighted by molar-refractivity contribution is -0.110. The van der Waals surface area contributed by atoms with E-state index in [1.54, 1.807) is 0 Å². The maximum Gasteiger partial charge on any atom is 0.207 e. The summed E-state index contributed by atoms with van der Waals surface area (Å²) in [6.45, 7) is 11.9. The predicted octanol–water partition coefficient (Wildman–Crippen LogP) is 2.52. The van der Waals surface area contributed by atoms with E-state index in [9.17, 15) is 9.90 Å². The number of aromatic nitrogens is 2. The number of nitrogens with zero attached hydrogens (tertiary/aromatic N) is 4. The third-order valence-corrected chi connectivity index (χ3v) is 6.72. The van der Waals surface area contributed by atoms with E-state index in [4.69, 9.17) is 9.97 Å². The van der Waals surface area contributed by atoms with E-state index in [0.29, 0.717) is 12.5 Å². The molecule has 1 saturated heterocycles. The molecule has 1 aliphatic carbocycles. The van der Waals surface area contributed by atoms with Crippen LogP contribution in [0.5, 0.6) is 0 Å². The summed E-state index contributed by atoms with van der Waals surface area (Å²) in [5.74, 6) is 2.65. The van der Waals surface area contributed by atoms with Gasteiger partial charge in [-0.25, -0.2) is 9.97 Å². The second-order valence-corrected chi connectivity index (χ2v) is 10.2. The highest BCUT2D eigenvalue weighted by molar-refractivity contribution is 5.46. The Morgan fingerprint density at radius 1 is 1.13 bits per heavy atom. The van der Waals surface area contributed by atoms with Crippen molar-refractivity contribution in [2.45, 2.75) is 77.2 Å².